The van der Waals surface area contributed by atoms with Crippen LogP contribution in [-0.2, 0) is 4.79 Å². The Morgan fingerprint density at radius 2 is 2.17 bits per heavy atom. The zero-order valence-electron chi connectivity index (χ0n) is 13.2. The van der Waals surface area contributed by atoms with Gasteiger partial charge in [-0.3, -0.25) is 14.8 Å². The number of amides is 1. The summed E-state index contributed by atoms with van der Waals surface area (Å²) in [4.78, 5) is 31.2. The second kappa shape index (κ2) is 7.60. The minimum atomic E-state index is -0.257. The zero-order valence-corrected chi connectivity index (χ0v) is 16.1. The summed E-state index contributed by atoms with van der Waals surface area (Å²) in [5.74, 6) is 0.828. The number of halogens is 2. The van der Waals surface area contributed by atoms with Crippen molar-refractivity contribution < 1.29 is 4.79 Å². The SMILES string of the molecule is C=I[C@H]1CC[C@@H](c2nc(Cl)cc(-c3cnccn3)n2)CN1C(C)=O. The Bertz CT molecular complexity index is 757. The molecule has 3 rings (SSSR count). The number of likely N-dealkylation sites (tertiary alicyclic amines) is 1. The van der Waals surface area contributed by atoms with Crippen LogP contribution in [0, 0.1) is 0 Å². The highest BCUT2D eigenvalue weighted by atomic mass is 127. The van der Waals surface area contributed by atoms with Gasteiger partial charge in [0.05, 0.1) is 15.9 Å². The Morgan fingerprint density at radius 3 is 2.83 bits per heavy atom. The van der Waals surface area contributed by atoms with Gasteiger partial charge in [0, 0.05) is 37.8 Å². The van der Waals surface area contributed by atoms with Crippen molar-refractivity contribution in [2.75, 3.05) is 6.54 Å². The maximum Gasteiger partial charge on any atom is 0.220 e. The van der Waals surface area contributed by atoms with E-state index >= 15 is 0 Å². The largest absolute Gasteiger partial charge is 0.331 e. The lowest BCUT2D eigenvalue weighted by Gasteiger charge is -2.36. The summed E-state index contributed by atoms with van der Waals surface area (Å²) in [6.45, 7) is 2.23. The van der Waals surface area contributed by atoms with Crippen molar-refractivity contribution in [3.8, 4) is 11.4 Å². The molecule has 2 atom stereocenters. The maximum absolute atomic E-state index is 11.9. The summed E-state index contributed by atoms with van der Waals surface area (Å²) < 4.78 is 4.36. The van der Waals surface area contributed by atoms with Crippen LogP contribution in [-0.4, -0.2) is 45.9 Å². The molecule has 2 aromatic rings. The molecule has 0 saturated carbocycles. The van der Waals surface area contributed by atoms with Gasteiger partial charge >= 0.3 is 0 Å². The number of hydrogen-bond acceptors (Lipinski definition) is 5. The maximum atomic E-state index is 11.9. The molecule has 0 N–H and O–H groups in total. The third-order valence-electron chi connectivity index (χ3n) is 3.99. The molecule has 8 heteroatoms. The predicted octanol–water partition coefficient (Wildman–Crippen LogP) is 3.04. The predicted molar refractivity (Wildman–Crippen MR) is 102 cm³/mol. The summed E-state index contributed by atoms with van der Waals surface area (Å²) >= 11 is 5.93. The van der Waals surface area contributed by atoms with Gasteiger partial charge in [0.15, 0.2) is 0 Å². The number of nitrogens with zero attached hydrogens (tertiary/aromatic N) is 5. The smallest absolute Gasteiger partial charge is 0.220 e. The lowest BCUT2D eigenvalue weighted by Crippen LogP contribution is -2.42. The molecule has 1 saturated heterocycles. The first-order valence-electron chi connectivity index (χ1n) is 7.53. The minimum absolute atomic E-state index is 0.0785. The number of piperidine rings is 1. The van der Waals surface area contributed by atoms with Gasteiger partial charge in [-0.05, 0) is 12.8 Å². The normalized spacial score (nSPS) is 20.8. The number of aromatic nitrogens is 4. The van der Waals surface area contributed by atoms with Crippen molar-refractivity contribution >= 4 is 42.8 Å². The average molecular weight is 458 g/mol. The Morgan fingerprint density at radius 1 is 1.33 bits per heavy atom. The molecule has 2 aromatic heterocycles. The van der Waals surface area contributed by atoms with E-state index in [4.69, 9.17) is 11.6 Å². The van der Waals surface area contributed by atoms with Crippen LogP contribution in [0.25, 0.3) is 11.4 Å². The molecule has 126 valence electrons. The van der Waals surface area contributed by atoms with E-state index in [9.17, 15) is 4.79 Å². The van der Waals surface area contributed by atoms with Crippen molar-refractivity contribution in [1.82, 2.24) is 24.8 Å². The topological polar surface area (TPSA) is 71.9 Å². The van der Waals surface area contributed by atoms with Crippen LogP contribution in [0.4, 0.5) is 0 Å². The van der Waals surface area contributed by atoms with Crippen LogP contribution < -0.4 is 0 Å². The van der Waals surface area contributed by atoms with Gasteiger partial charge in [-0.2, -0.15) is 0 Å². The fourth-order valence-electron chi connectivity index (χ4n) is 2.82. The number of hydrogen-bond donors (Lipinski definition) is 0. The first kappa shape index (κ1) is 17.3. The van der Waals surface area contributed by atoms with Crippen molar-refractivity contribution in [3.63, 3.8) is 0 Å². The quantitative estimate of drug-likeness (QED) is 0.307. The molecule has 1 aliphatic heterocycles. The molecule has 0 aliphatic carbocycles. The van der Waals surface area contributed by atoms with Gasteiger partial charge in [-0.25, -0.2) is 9.97 Å². The molecule has 1 aliphatic rings. The Hall–Kier alpha value is -1.48. The van der Waals surface area contributed by atoms with Crippen LogP contribution in [0.2, 0.25) is 5.15 Å². The molecular weight excluding hydrogens is 441 g/mol. The van der Waals surface area contributed by atoms with E-state index in [1.165, 1.54) is 0 Å². The van der Waals surface area contributed by atoms with Gasteiger partial charge in [0.25, 0.3) is 0 Å². The first-order chi connectivity index (χ1) is 11.6. The van der Waals surface area contributed by atoms with E-state index in [0.717, 1.165) is 12.8 Å². The lowest BCUT2D eigenvalue weighted by atomic mass is 9.97. The molecule has 1 amide bonds. The summed E-state index contributed by atoms with van der Waals surface area (Å²) in [5, 5.41) is 0.377. The van der Waals surface area contributed by atoms with Crippen LogP contribution in [0.3, 0.4) is 0 Å². The molecule has 0 aromatic carbocycles. The highest BCUT2D eigenvalue weighted by Crippen LogP contribution is 2.33. The lowest BCUT2D eigenvalue weighted by molar-refractivity contribution is -0.130. The fraction of sp³-hybridized carbons (Fsp3) is 0.375. The Balaban J connectivity index is 1.91. The second-order valence-corrected chi connectivity index (χ2v) is 8.27. The first-order valence-corrected chi connectivity index (χ1v) is 10.7. The average Bonchev–Trinajstić information content (AvgIpc) is 2.61. The van der Waals surface area contributed by atoms with E-state index in [0.29, 0.717) is 33.0 Å². The number of carbonyl (C=O) groups excluding carboxylic acids is 1. The van der Waals surface area contributed by atoms with E-state index in [-0.39, 0.29) is 32.6 Å². The van der Waals surface area contributed by atoms with Gasteiger partial charge in [0.1, 0.15) is 16.7 Å². The monoisotopic (exact) mass is 457 g/mol. The van der Waals surface area contributed by atoms with E-state index < -0.39 is 0 Å². The molecule has 0 bridgehead atoms. The van der Waals surface area contributed by atoms with Gasteiger partial charge in [0.2, 0.25) is 5.91 Å². The fourth-order valence-corrected chi connectivity index (χ4v) is 4.90. The molecule has 0 radical (unpaired) electrons. The summed E-state index contributed by atoms with van der Waals surface area (Å²) in [6, 6.07) is 1.69. The molecule has 1 fully saturated rings. The Kier molecular flexibility index (Phi) is 5.50. The van der Waals surface area contributed by atoms with E-state index in [1.54, 1.807) is 31.6 Å². The standard InChI is InChI=1S/C16H17ClIN5O/c1-10(24)23-9-11(3-4-15(23)18-2)16-21-12(7-14(17)22-16)13-8-19-5-6-20-13/h5-8,11,15H,2-4,9H2,1H3/t11-,15-/m1/s1. The number of carbonyl (C=O) groups is 1. The molecular formula is C16H17ClIN5O. The van der Waals surface area contributed by atoms with Crippen LogP contribution in [0.5, 0.6) is 0 Å². The minimum Gasteiger partial charge on any atom is -0.331 e. The van der Waals surface area contributed by atoms with E-state index in [1.807, 2.05) is 4.90 Å². The van der Waals surface area contributed by atoms with Crippen molar-refractivity contribution in [2.24, 2.45) is 0 Å². The highest BCUT2D eigenvalue weighted by molar-refractivity contribution is 14.2. The van der Waals surface area contributed by atoms with Crippen molar-refractivity contribution in [3.05, 3.63) is 35.6 Å². The zero-order chi connectivity index (χ0) is 17.1. The second-order valence-electron chi connectivity index (χ2n) is 5.56. The van der Waals surface area contributed by atoms with Crippen LogP contribution >= 0.6 is 32.3 Å². The third-order valence-corrected chi connectivity index (χ3v) is 6.50. The highest BCUT2D eigenvalue weighted by Gasteiger charge is 2.31. The Labute approximate surface area is 155 Å². The molecule has 0 spiro atoms. The number of alkyl halides is 1. The molecule has 24 heavy (non-hydrogen) atoms. The van der Waals surface area contributed by atoms with Gasteiger partial charge in [-0.1, -0.05) is 16.1 Å². The summed E-state index contributed by atoms with van der Waals surface area (Å²) in [6.07, 6.45) is 6.75. The molecule has 3 heterocycles. The van der Waals surface area contributed by atoms with Gasteiger partial charge < -0.3 is 4.90 Å². The third kappa shape index (κ3) is 3.77. The summed E-state index contributed by atoms with van der Waals surface area (Å²) in [7, 11) is 0. The number of rotatable bonds is 3. The van der Waals surface area contributed by atoms with Gasteiger partial charge in [-0.15, -0.1) is 20.7 Å². The van der Waals surface area contributed by atoms with Crippen LogP contribution in [0.1, 0.15) is 31.5 Å². The van der Waals surface area contributed by atoms with Crippen molar-refractivity contribution in [2.45, 2.75) is 29.7 Å². The van der Waals surface area contributed by atoms with E-state index in [2.05, 4.69) is 24.5 Å². The van der Waals surface area contributed by atoms with Crippen LogP contribution in [0.15, 0.2) is 24.7 Å². The molecule has 6 nitrogen and oxygen atoms in total. The summed E-state index contributed by atoms with van der Waals surface area (Å²) in [5.41, 5.74) is 1.31. The van der Waals surface area contributed by atoms with Crippen molar-refractivity contribution in [1.29, 1.82) is 0 Å². The molecule has 0 unspecified atom stereocenters.